The predicted octanol–water partition coefficient (Wildman–Crippen LogP) is 3.20. The number of nitrogens with one attached hydrogen (secondary N) is 1. The summed E-state index contributed by atoms with van der Waals surface area (Å²) >= 11 is 0. The molecular weight excluding hydrogens is 146 g/mol. The van der Waals surface area contributed by atoms with Crippen molar-refractivity contribution in [3.05, 3.63) is 0 Å². The minimum atomic E-state index is 0.733. The molecule has 0 radical (unpaired) electrons. The Balaban J connectivity index is 3.44. The highest BCUT2D eigenvalue weighted by molar-refractivity contribution is 4.66. The molecule has 0 saturated heterocycles. The molecule has 2 unspecified atom stereocenters. The molecule has 0 spiro atoms. The van der Waals surface area contributed by atoms with Crippen LogP contribution in [0, 0.1) is 5.92 Å². The molecule has 0 aliphatic carbocycles. The number of hydrogen-bond acceptors (Lipinski definition) is 1. The Morgan fingerprint density at radius 3 is 2.33 bits per heavy atom. The van der Waals surface area contributed by atoms with Gasteiger partial charge in [0, 0.05) is 6.04 Å². The third-order valence-electron chi connectivity index (χ3n) is 2.64. The summed E-state index contributed by atoms with van der Waals surface area (Å²) in [6.07, 6.45) is 6.72. The van der Waals surface area contributed by atoms with Crippen LogP contribution in [0.15, 0.2) is 0 Å². The van der Waals surface area contributed by atoms with Gasteiger partial charge in [-0.3, -0.25) is 0 Å². The zero-order valence-electron chi connectivity index (χ0n) is 9.19. The van der Waals surface area contributed by atoms with Gasteiger partial charge in [-0.15, -0.1) is 0 Å². The van der Waals surface area contributed by atoms with E-state index in [1.54, 1.807) is 0 Å². The average molecular weight is 171 g/mol. The second-order valence-electron chi connectivity index (χ2n) is 3.88. The van der Waals surface area contributed by atoms with Crippen molar-refractivity contribution in [2.45, 2.75) is 58.9 Å². The summed E-state index contributed by atoms with van der Waals surface area (Å²) in [5, 5.41) is 3.36. The molecule has 0 heterocycles. The van der Waals surface area contributed by atoms with Crippen LogP contribution in [0.4, 0.5) is 0 Å². The van der Waals surface area contributed by atoms with E-state index in [0.717, 1.165) is 12.0 Å². The molecule has 2 atom stereocenters. The molecule has 0 fully saturated rings. The van der Waals surface area contributed by atoms with Crippen LogP contribution >= 0.6 is 0 Å². The summed E-state index contributed by atoms with van der Waals surface area (Å²) < 4.78 is 0. The van der Waals surface area contributed by atoms with Gasteiger partial charge >= 0.3 is 0 Å². The molecule has 0 aromatic rings. The Bertz CT molecular complexity index is 87.0. The topological polar surface area (TPSA) is 12.0 Å². The second kappa shape index (κ2) is 7.60. The van der Waals surface area contributed by atoms with Crippen molar-refractivity contribution in [1.29, 1.82) is 0 Å². The number of rotatable bonds is 7. The standard InChI is InChI=1S/C11H25N/c1-5-7-8-10(3)9-11(6-2)12-4/h10-12H,5-9H2,1-4H3. The zero-order chi connectivity index (χ0) is 9.40. The lowest BCUT2D eigenvalue weighted by molar-refractivity contribution is 0.386. The molecule has 1 N–H and O–H groups in total. The van der Waals surface area contributed by atoms with Crippen LogP contribution in [0.5, 0.6) is 0 Å². The van der Waals surface area contributed by atoms with Crippen LogP contribution in [0.1, 0.15) is 52.9 Å². The van der Waals surface area contributed by atoms with E-state index in [9.17, 15) is 0 Å². The Hall–Kier alpha value is -0.0400. The molecule has 1 heteroatoms. The second-order valence-corrected chi connectivity index (χ2v) is 3.88. The highest BCUT2D eigenvalue weighted by Crippen LogP contribution is 2.15. The first-order chi connectivity index (χ1) is 5.74. The maximum absolute atomic E-state index is 3.36. The quantitative estimate of drug-likeness (QED) is 0.620. The van der Waals surface area contributed by atoms with Crippen molar-refractivity contribution >= 4 is 0 Å². The van der Waals surface area contributed by atoms with Gasteiger partial charge in [0.1, 0.15) is 0 Å². The van der Waals surface area contributed by atoms with Gasteiger partial charge in [-0.25, -0.2) is 0 Å². The lowest BCUT2D eigenvalue weighted by Crippen LogP contribution is -2.26. The fourth-order valence-corrected chi connectivity index (χ4v) is 1.64. The van der Waals surface area contributed by atoms with Crippen LogP contribution in [0.3, 0.4) is 0 Å². The highest BCUT2D eigenvalue weighted by Gasteiger charge is 2.08. The number of unbranched alkanes of at least 4 members (excludes halogenated alkanes) is 1. The van der Waals surface area contributed by atoms with Gasteiger partial charge < -0.3 is 5.32 Å². The average Bonchev–Trinajstić information content (AvgIpc) is 2.10. The van der Waals surface area contributed by atoms with Crippen LogP contribution in [-0.4, -0.2) is 13.1 Å². The first-order valence-corrected chi connectivity index (χ1v) is 5.41. The Morgan fingerprint density at radius 2 is 1.92 bits per heavy atom. The maximum atomic E-state index is 3.36. The smallest absolute Gasteiger partial charge is 0.00639 e. The van der Waals surface area contributed by atoms with E-state index >= 15 is 0 Å². The van der Waals surface area contributed by atoms with E-state index < -0.39 is 0 Å². The Labute approximate surface area is 77.9 Å². The molecule has 0 rings (SSSR count). The van der Waals surface area contributed by atoms with Crippen LogP contribution in [0.25, 0.3) is 0 Å². The SMILES string of the molecule is CCCCC(C)CC(CC)NC. The van der Waals surface area contributed by atoms with E-state index in [4.69, 9.17) is 0 Å². The maximum Gasteiger partial charge on any atom is 0.00639 e. The van der Waals surface area contributed by atoms with Gasteiger partial charge in [-0.05, 0) is 25.8 Å². The molecule has 0 aliphatic heterocycles. The first kappa shape index (κ1) is 12.0. The molecule has 0 aliphatic rings. The minimum Gasteiger partial charge on any atom is -0.317 e. The summed E-state index contributed by atoms with van der Waals surface area (Å²) in [7, 11) is 2.07. The van der Waals surface area contributed by atoms with Crippen molar-refractivity contribution < 1.29 is 0 Å². The zero-order valence-corrected chi connectivity index (χ0v) is 9.19. The molecule has 12 heavy (non-hydrogen) atoms. The van der Waals surface area contributed by atoms with Crippen LogP contribution < -0.4 is 5.32 Å². The van der Waals surface area contributed by atoms with Crippen molar-refractivity contribution in [2.75, 3.05) is 7.05 Å². The molecule has 0 bridgehead atoms. The third kappa shape index (κ3) is 5.59. The normalized spacial score (nSPS) is 16.0. The van der Waals surface area contributed by atoms with Gasteiger partial charge in [-0.1, -0.05) is 40.0 Å². The third-order valence-corrected chi connectivity index (χ3v) is 2.64. The molecule has 0 aromatic heterocycles. The van der Waals surface area contributed by atoms with Gasteiger partial charge in [0.05, 0.1) is 0 Å². The van der Waals surface area contributed by atoms with Crippen LogP contribution in [0.2, 0.25) is 0 Å². The van der Waals surface area contributed by atoms with Gasteiger partial charge in [0.25, 0.3) is 0 Å². The fraction of sp³-hybridized carbons (Fsp3) is 1.00. The van der Waals surface area contributed by atoms with Crippen LogP contribution in [-0.2, 0) is 0 Å². The largest absolute Gasteiger partial charge is 0.317 e. The Morgan fingerprint density at radius 1 is 1.25 bits per heavy atom. The van der Waals surface area contributed by atoms with Gasteiger partial charge in [0.15, 0.2) is 0 Å². The van der Waals surface area contributed by atoms with E-state index in [-0.39, 0.29) is 0 Å². The first-order valence-electron chi connectivity index (χ1n) is 5.41. The lowest BCUT2D eigenvalue weighted by Gasteiger charge is -2.18. The van der Waals surface area contributed by atoms with E-state index in [1.807, 2.05) is 0 Å². The molecule has 74 valence electrons. The summed E-state index contributed by atoms with van der Waals surface area (Å²) in [4.78, 5) is 0. The molecule has 0 saturated carbocycles. The summed E-state index contributed by atoms with van der Waals surface area (Å²) in [6, 6.07) is 0.733. The van der Waals surface area contributed by atoms with Gasteiger partial charge in [0.2, 0.25) is 0 Å². The summed E-state index contributed by atoms with van der Waals surface area (Å²) in [6.45, 7) is 6.89. The van der Waals surface area contributed by atoms with Crippen molar-refractivity contribution in [3.8, 4) is 0 Å². The molecule has 1 nitrogen and oxygen atoms in total. The molecular formula is C11H25N. The van der Waals surface area contributed by atoms with Crippen molar-refractivity contribution in [1.82, 2.24) is 5.32 Å². The van der Waals surface area contributed by atoms with E-state index in [0.29, 0.717) is 0 Å². The van der Waals surface area contributed by atoms with Crippen molar-refractivity contribution in [3.63, 3.8) is 0 Å². The summed E-state index contributed by atoms with van der Waals surface area (Å²) in [5.41, 5.74) is 0. The molecule has 0 amide bonds. The lowest BCUT2D eigenvalue weighted by atomic mass is 9.95. The Kier molecular flexibility index (Phi) is 7.58. The van der Waals surface area contributed by atoms with Gasteiger partial charge in [-0.2, -0.15) is 0 Å². The number of hydrogen-bond donors (Lipinski definition) is 1. The van der Waals surface area contributed by atoms with E-state index in [1.165, 1.54) is 32.1 Å². The monoisotopic (exact) mass is 171 g/mol. The van der Waals surface area contributed by atoms with Crippen molar-refractivity contribution in [2.24, 2.45) is 5.92 Å². The highest BCUT2D eigenvalue weighted by atomic mass is 14.9. The minimum absolute atomic E-state index is 0.733. The predicted molar refractivity (Wildman–Crippen MR) is 56.4 cm³/mol. The fourth-order valence-electron chi connectivity index (χ4n) is 1.64. The van der Waals surface area contributed by atoms with E-state index in [2.05, 4.69) is 33.1 Å². The molecule has 0 aromatic carbocycles. The summed E-state index contributed by atoms with van der Waals surface area (Å²) in [5.74, 6) is 0.891.